The highest BCUT2D eigenvalue weighted by Gasteiger charge is 2.26. The first-order chi connectivity index (χ1) is 11.6. The van der Waals surface area contributed by atoms with E-state index >= 15 is 0 Å². The zero-order valence-electron chi connectivity index (χ0n) is 14.1. The fourth-order valence-electron chi connectivity index (χ4n) is 3.12. The number of fused-ring (bicyclic) bond motifs is 1. The maximum absolute atomic E-state index is 12.6. The molecule has 3 rings (SSSR count). The van der Waals surface area contributed by atoms with Crippen molar-refractivity contribution < 1.29 is 14.3 Å². The number of carbonyl (C=O) groups is 2. The molecule has 0 unspecified atom stereocenters. The quantitative estimate of drug-likeness (QED) is 0.813. The Bertz CT molecular complexity index is 766. The van der Waals surface area contributed by atoms with Gasteiger partial charge in [-0.15, -0.1) is 0 Å². The summed E-state index contributed by atoms with van der Waals surface area (Å²) in [5.41, 5.74) is 1.95. The molecule has 0 N–H and O–H groups in total. The van der Waals surface area contributed by atoms with Gasteiger partial charge in [0.15, 0.2) is 6.10 Å². The number of carbonyl (C=O) groups excluding carboxylic acids is 2. The number of esters is 1. The number of para-hydroxylation sites is 1. The predicted molar refractivity (Wildman–Crippen MR) is 91.8 cm³/mol. The number of amides is 1. The molecule has 126 valence electrons. The van der Waals surface area contributed by atoms with E-state index in [0.29, 0.717) is 5.56 Å². The Hall–Kier alpha value is -2.43. The molecular formula is C19H22N2O3. The minimum atomic E-state index is -0.775. The van der Waals surface area contributed by atoms with Crippen LogP contribution in [-0.2, 0) is 9.53 Å². The Morgan fingerprint density at radius 2 is 1.88 bits per heavy atom. The van der Waals surface area contributed by atoms with Crippen molar-refractivity contribution in [1.29, 1.82) is 0 Å². The van der Waals surface area contributed by atoms with Crippen LogP contribution < -0.4 is 0 Å². The molecule has 0 bridgehead atoms. The lowest BCUT2D eigenvalue weighted by Gasteiger charge is -2.29. The number of aromatic nitrogens is 1. The number of pyridine rings is 1. The number of hydrogen-bond acceptors (Lipinski definition) is 4. The van der Waals surface area contributed by atoms with Crippen LogP contribution in [0.25, 0.3) is 10.9 Å². The molecule has 2 heterocycles. The number of likely N-dealkylation sites (tertiary alicyclic amines) is 1. The third-order valence-corrected chi connectivity index (χ3v) is 4.36. The fraction of sp³-hybridized carbons (Fsp3) is 0.421. The monoisotopic (exact) mass is 326 g/mol. The highest BCUT2D eigenvalue weighted by atomic mass is 16.5. The van der Waals surface area contributed by atoms with E-state index in [4.69, 9.17) is 4.74 Å². The molecule has 1 saturated heterocycles. The van der Waals surface area contributed by atoms with Crippen molar-refractivity contribution in [2.24, 2.45) is 0 Å². The Balaban J connectivity index is 1.78. The van der Waals surface area contributed by atoms with Gasteiger partial charge < -0.3 is 9.64 Å². The first-order valence-electron chi connectivity index (χ1n) is 8.42. The summed E-state index contributed by atoms with van der Waals surface area (Å²) in [7, 11) is 0. The first kappa shape index (κ1) is 16.4. The van der Waals surface area contributed by atoms with Gasteiger partial charge in [0.1, 0.15) is 0 Å². The number of piperidine rings is 1. The van der Waals surface area contributed by atoms with Crippen LogP contribution in [0.2, 0.25) is 0 Å². The summed E-state index contributed by atoms with van der Waals surface area (Å²) in [6, 6.07) is 9.16. The maximum atomic E-state index is 12.6. The van der Waals surface area contributed by atoms with Gasteiger partial charge >= 0.3 is 5.97 Å². The molecule has 0 aliphatic carbocycles. The molecule has 2 aromatic rings. The number of hydrogen-bond donors (Lipinski definition) is 0. The van der Waals surface area contributed by atoms with Gasteiger partial charge in [0.05, 0.1) is 11.1 Å². The second-order valence-corrected chi connectivity index (χ2v) is 6.26. The molecule has 1 amide bonds. The van der Waals surface area contributed by atoms with Gasteiger partial charge in [-0.05, 0) is 45.2 Å². The number of benzene rings is 1. The molecule has 1 fully saturated rings. The van der Waals surface area contributed by atoms with Crippen molar-refractivity contribution >= 4 is 22.8 Å². The SMILES string of the molecule is Cc1cc(C(=O)O[C@@H](C)C(=O)N2CCCCC2)c2ccccc2n1. The number of rotatable bonds is 3. The first-order valence-corrected chi connectivity index (χ1v) is 8.42. The zero-order valence-corrected chi connectivity index (χ0v) is 14.1. The van der Waals surface area contributed by atoms with Crippen LogP contribution >= 0.6 is 0 Å². The maximum Gasteiger partial charge on any atom is 0.339 e. The van der Waals surface area contributed by atoms with Gasteiger partial charge in [-0.2, -0.15) is 0 Å². The molecule has 24 heavy (non-hydrogen) atoms. The van der Waals surface area contributed by atoms with E-state index in [9.17, 15) is 9.59 Å². The molecule has 1 aromatic carbocycles. The van der Waals surface area contributed by atoms with Crippen molar-refractivity contribution in [3.05, 3.63) is 41.6 Å². The second-order valence-electron chi connectivity index (χ2n) is 6.26. The summed E-state index contributed by atoms with van der Waals surface area (Å²) in [4.78, 5) is 31.2. The van der Waals surface area contributed by atoms with E-state index < -0.39 is 12.1 Å². The summed E-state index contributed by atoms with van der Waals surface area (Å²) < 4.78 is 5.46. The van der Waals surface area contributed by atoms with E-state index in [1.54, 1.807) is 17.9 Å². The summed E-state index contributed by atoms with van der Waals surface area (Å²) in [6.45, 7) is 4.98. The lowest BCUT2D eigenvalue weighted by atomic mass is 10.1. The van der Waals surface area contributed by atoms with E-state index in [2.05, 4.69) is 4.98 Å². The van der Waals surface area contributed by atoms with Gasteiger partial charge in [-0.1, -0.05) is 18.2 Å². The number of aryl methyl sites for hydroxylation is 1. The molecule has 0 spiro atoms. The average molecular weight is 326 g/mol. The molecule has 1 aliphatic heterocycles. The van der Waals surface area contributed by atoms with Crippen molar-refractivity contribution in [2.75, 3.05) is 13.1 Å². The Kier molecular flexibility index (Phi) is 4.79. The summed E-state index contributed by atoms with van der Waals surface area (Å²) in [5, 5.41) is 0.741. The Morgan fingerprint density at radius 1 is 1.17 bits per heavy atom. The zero-order chi connectivity index (χ0) is 17.1. The molecule has 0 saturated carbocycles. The van der Waals surface area contributed by atoms with Crippen LogP contribution in [0, 0.1) is 6.92 Å². The normalized spacial score (nSPS) is 16.0. The van der Waals surface area contributed by atoms with Crippen molar-refractivity contribution in [3.8, 4) is 0 Å². The van der Waals surface area contributed by atoms with Gasteiger partial charge in [0, 0.05) is 24.2 Å². The minimum absolute atomic E-state index is 0.113. The summed E-state index contributed by atoms with van der Waals surface area (Å²) >= 11 is 0. The van der Waals surface area contributed by atoms with Crippen LogP contribution in [-0.4, -0.2) is 41.0 Å². The summed E-state index contributed by atoms with van der Waals surface area (Å²) in [6.07, 6.45) is 2.41. The third kappa shape index (κ3) is 3.40. The molecular weight excluding hydrogens is 304 g/mol. The Labute approximate surface area is 141 Å². The van der Waals surface area contributed by atoms with E-state index in [1.165, 1.54) is 0 Å². The van der Waals surface area contributed by atoms with E-state index in [-0.39, 0.29) is 5.91 Å². The van der Waals surface area contributed by atoms with Crippen molar-refractivity contribution in [3.63, 3.8) is 0 Å². The van der Waals surface area contributed by atoms with Crippen molar-refractivity contribution in [1.82, 2.24) is 9.88 Å². The highest BCUT2D eigenvalue weighted by molar-refractivity contribution is 6.04. The molecule has 1 atom stereocenters. The van der Waals surface area contributed by atoms with Gasteiger partial charge in [-0.25, -0.2) is 4.79 Å². The standard InChI is InChI=1S/C19H22N2O3/c1-13-12-16(15-8-4-5-9-17(15)20-13)19(23)24-14(2)18(22)21-10-6-3-7-11-21/h4-5,8-9,12,14H,3,6-7,10-11H2,1-2H3/t14-/m0/s1. The highest BCUT2D eigenvalue weighted by Crippen LogP contribution is 2.20. The molecule has 0 radical (unpaired) electrons. The molecule has 1 aromatic heterocycles. The van der Waals surface area contributed by atoms with Crippen LogP contribution in [0.5, 0.6) is 0 Å². The Morgan fingerprint density at radius 3 is 2.62 bits per heavy atom. The van der Waals surface area contributed by atoms with E-state index in [1.807, 2.05) is 31.2 Å². The lowest BCUT2D eigenvalue weighted by molar-refractivity contribution is -0.140. The molecule has 5 heteroatoms. The summed E-state index contributed by atoms with van der Waals surface area (Å²) in [5.74, 6) is -0.590. The molecule has 5 nitrogen and oxygen atoms in total. The lowest BCUT2D eigenvalue weighted by Crippen LogP contribution is -2.42. The van der Waals surface area contributed by atoms with Crippen LogP contribution in [0.3, 0.4) is 0 Å². The van der Waals surface area contributed by atoms with Gasteiger partial charge in [0.2, 0.25) is 0 Å². The fourth-order valence-corrected chi connectivity index (χ4v) is 3.12. The van der Waals surface area contributed by atoms with Crippen LogP contribution in [0.4, 0.5) is 0 Å². The topological polar surface area (TPSA) is 59.5 Å². The van der Waals surface area contributed by atoms with Gasteiger partial charge in [0.25, 0.3) is 5.91 Å². The largest absolute Gasteiger partial charge is 0.449 e. The van der Waals surface area contributed by atoms with Crippen molar-refractivity contribution in [2.45, 2.75) is 39.2 Å². The minimum Gasteiger partial charge on any atom is -0.449 e. The second kappa shape index (κ2) is 6.99. The number of nitrogens with zero attached hydrogens (tertiary/aromatic N) is 2. The smallest absolute Gasteiger partial charge is 0.339 e. The van der Waals surface area contributed by atoms with Gasteiger partial charge in [-0.3, -0.25) is 9.78 Å². The van der Waals surface area contributed by atoms with Crippen LogP contribution in [0.1, 0.15) is 42.2 Å². The van der Waals surface area contributed by atoms with Crippen LogP contribution in [0.15, 0.2) is 30.3 Å². The average Bonchev–Trinajstić information content (AvgIpc) is 2.60. The van der Waals surface area contributed by atoms with E-state index in [0.717, 1.165) is 48.9 Å². The predicted octanol–water partition coefficient (Wildman–Crippen LogP) is 3.10. The third-order valence-electron chi connectivity index (χ3n) is 4.36. The number of ether oxygens (including phenoxy) is 1. The molecule has 1 aliphatic rings.